The molecule has 0 saturated heterocycles. The van der Waals surface area contributed by atoms with E-state index < -0.39 is 5.25 Å². The van der Waals surface area contributed by atoms with Gasteiger partial charge in [-0.3, -0.25) is 14.7 Å². The molecule has 0 aliphatic carbocycles. The lowest BCUT2D eigenvalue weighted by atomic mass is 10.1. The van der Waals surface area contributed by atoms with Crippen molar-refractivity contribution in [3.05, 3.63) is 111 Å². The Morgan fingerprint density at radius 1 is 0.912 bits per heavy atom. The molecule has 7 nitrogen and oxygen atoms in total. The minimum atomic E-state index is -0.422. The van der Waals surface area contributed by atoms with E-state index in [0.717, 1.165) is 28.2 Å². The third-order valence-corrected chi connectivity index (χ3v) is 6.61. The summed E-state index contributed by atoms with van der Waals surface area (Å²) >= 11 is 1.34. The van der Waals surface area contributed by atoms with Crippen LogP contribution in [0, 0.1) is 30.9 Å². The summed E-state index contributed by atoms with van der Waals surface area (Å²) in [5.74, 6) is 1.44. The molecule has 0 saturated carbocycles. The molecule has 0 aliphatic rings. The van der Waals surface area contributed by atoms with Gasteiger partial charge in [0, 0.05) is 10.6 Å². The summed E-state index contributed by atoms with van der Waals surface area (Å²) in [6.45, 7) is 6.19. The third kappa shape index (κ3) is 5.82. The molecule has 0 radical (unpaired) electrons. The van der Waals surface area contributed by atoms with Gasteiger partial charge in [-0.1, -0.05) is 71.4 Å². The van der Waals surface area contributed by atoms with Crippen LogP contribution >= 0.6 is 11.8 Å². The van der Waals surface area contributed by atoms with Crippen molar-refractivity contribution in [2.75, 3.05) is 6.54 Å². The number of ether oxygens (including phenoxy) is 1. The third-order valence-electron chi connectivity index (χ3n) is 5.43. The first kappa shape index (κ1) is 23.5. The SMILES string of the molecule is Cc1ccc(COc2ccc([C@H](C[N+](=O)[O-])Sc3nnc(C)n3-c3ccc(C)cc3)cc2)cc1. The van der Waals surface area contributed by atoms with Gasteiger partial charge in [0.1, 0.15) is 23.4 Å². The number of rotatable bonds is 9. The van der Waals surface area contributed by atoms with Crippen molar-refractivity contribution < 1.29 is 9.66 Å². The second kappa shape index (κ2) is 10.5. The van der Waals surface area contributed by atoms with Crippen LogP contribution in [0.1, 0.15) is 33.3 Å². The van der Waals surface area contributed by atoms with E-state index in [0.29, 0.717) is 17.5 Å². The van der Waals surface area contributed by atoms with E-state index in [9.17, 15) is 10.1 Å². The average Bonchev–Trinajstić information content (AvgIpc) is 3.19. The standard InChI is InChI=1S/C26H26N4O3S/c1-18-4-8-21(9-5-18)17-33-24-14-10-22(11-15-24)25(16-29(31)32)34-26-28-27-20(3)30(26)23-12-6-19(2)7-13-23/h4-15,25H,16-17H2,1-3H3/t25-/m0/s1. The average molecular weight is 475 g/mol. The molecule has 0 N–H and O–H groups in total. The Bertz CT molecular complexity index is 1250. The Balaban J connectivity index is 1.52. The highest BCUT2D eigenvalue weighted by atomic mass is 32.2. The lowest BCUT2D eigenvalue weighted by molar-refractivity contribution is -0.479. The molecule has 0 spiro atoms. The number of aryl methyl sites for hydroxylation is 3. The Hall–Kier alpha value is -3.65. The summed E-state index contributed by atoms with van der Waals surface area (Å²) in [6, 6.07) is 23.7. The van der Waals surface area contributed by atoms with Gasteiger partial charge >= 0.3 is 0 Å². The van der Waals surface area contributed by atoms with E-state index in [2.05, 4.69) is 22.3 Å². The molecule has 1 heterocycles. The van der Waals surface area contributed by atoms with Crippen LogP contribution in [0.15, 0.2) is 78.0 Å². The second-order valence-corrected chi connectivity index (χ2v) is 9.34. The van der Waals surface area contributed by atoms with Crippen LogP contribution in [-0.2, 0) is 6.61 Å². The van der Waals surface area contributed by atoms with Crippen LogP contribution in [0.4, 0.5) is 0 Å². The van der Waals surface area contributed by atoms with Crippen molar-refractivity contribution in [2.24, 2.45) is 0 Å². The fourth-order valence-electron chi connectivity index (χ4n) is 3.51. The van der Waals surface area contributed by atoms with Crippen LogP contribution < -0.4 is 4.74 Å². The highest BCUT2D eigenvalue weighted by Crippen LogP contribution is 2.36. The van der Waals surface area contributed by atoms with Gasteiger partial charge in [0.2, 0.25) is 6.54 Å². The van der Waals surface area contributed by atoms with Gasteiger partial charge in [0.15, 0.2) is 5.16 Å². The van der Waals surface area contributed by atoms with Crippen molar-refractivity contribution in [1.82, 2.24) is 14.8 Å². The molecule has 0 fully saturated rings. The minimum absolute atomic E-state index is 0.228. The van der Waals surface area contributed by atoms with Crippen molar-refractivity contribution in [3.8, 4) is 11.4 Å². The Labute approximate surface area is 203 Å². The summed E-state index contributed by atoms with van der Waals surface area (Å²) in [7, 11) is 0. The number of nitro groups is 1. The molecule has 8 heteroatoms. The van der Waals surface area contributed by atoms with Gasteiger partial charge in [-0.25, -0.2) is 0 Å². The Morgan fingerprint density at radius 2 is 1.53 bits per heavy atom. The number of benzene rings is 3. The van der Waals surface area contributed by atoms with Crippen LogP contribution in [0.25, 0.3) is 5.69 Å². The first-order valence-corrected chi connectivity index (χ1v) is 11.8. The van der Waals surface area contributed by atoms with E-state index in [1.807, 2.05) is 86.0 Å². The zero-order valence-corrected chi connectivity index (χ0v) is 20.2. The lowest BCUT2D eigenvalue weighted by Gasteiger charge is -2.15. The van der Waals surface area contributed by atoms with Gasteiger partial charge in [-0.2, -0.15) is 0 Å². The molecule has 0 amide bonds. The summed E-state index contributed by atoms with van der Waals surface area (Å²) in [6.07, 6.45) is 0. The highest BCUT2D eigenvalue weighted by Gasteiger charge is 2.24. The van der Waals surface area contributed by atoms with Crippen molar-refractivity contribution in [1.29, 1.82) is 0 Å². The quantitative estimate of drug-likeness (QED) is 0.171. The lowest BCUT2D eigenvalue weighted by Crippen LogP contribution is -2.11. The van der Waals surface area contributed by atoms with Gasteiger partial charge in [0.05, 0.1) is 0 Å². The van der Waals surface area contributed by atoms with Gasteiger partial charge in [0.25, 0.3) is 0 Å². The fraction of sp³-hybridized carbons (Fsp3) is 0.231. The highest BCUT2D eigenvalue weighted by molar-refractivity contribution is 7.99. The van der Waals surface area contributed by atoms with Crippen molar-refractivity contribution >= 4 is 11.8 Å². The van der Waals surface area contributed by atoms with Crippen molar-refractivity contribution in [3.63, 3.8) is 0 Å². The Morgan fingerprint density at radius 3 is 2.15 bits per heavy atom. The molecule has 1 aromatic heterocycles. The van der Waals surface area contributed by atoms with E-state index in [4.69, 9.17) is 4.74 Å². The largest absolute Gasteiger partial charge is 0.489 e. The minimum Gasteiger partial charge on any atom is -0.489 e. The molecule has 174 valence electrons. The summed E-state index contributed by atoms with van der Waals surface area (Å²) in [5, 5.41) is 20.2. The number of hydrogen-bond acceptors (Lipinski definition) is 6. The summed E-state index contributed by atoms with van der Waals surface area (Å²) in [4.78, 5) is 11.2. The molecule has 3 aromatic carbocycles. The molecule has 0 bridgehead atoms. The molecular weight excluding hydrogens is 448 g/mol. The van der Waals surface area contributed by atoms with Crippen LogP contribution in [-0.4, -0.2) is 26.2 Å². The zero-order chi connectivity index (χ0) is 24.1. The maximum Gasteiger partial charge on any atom is 0.220 e. The van der Waals surface area contributed by atoms with Gasteiger partial charge in [-0.15, -0.1) is 10.2 Å². The summed E-state index contributed by atoms with van der Waals surface area (Å²) in [5.41, 5.74) is 5.20. The van der Waals surface area contributed by atoms with E-state index in [-0.39, 0.29) is 11.5 Å². The van der Waals surface area contributed by atoms with Crippen molar-refractivity contribution in [2.45, 2.75) is 37.8 Å². The second-order valence-electron chi connectivity index (χ2n) is 8.17. The first-order valence-electron chi connectivity index (χ1n) is 10.9. The molecule has 34 heavy (non-hydrogen) atoms. The van der Waals surface area contributed by atoms with Gasteiger partial charge < -0.3 is 4.74 Å². The molecule has 4 aromatic rings. The molecule has 1 atom stereocenters. The number of nitrogens with zero attached hydrogens (tertiary/aromatic N) is 4. The molecule has 0 unspecified atom stereocenters. The van der Waals surface area contributed by atoms with Gasteiger partial charge in [-0.05, 0) is 56.2 Å². The van der Waals surface area contributed by atoms with Crippen LogP contribution in [0.5, 0.6) is 5.75 Å². The molecule has 4 rings (SSSR count). The maximum atomic E-state index is 11.4. The number of aromatic nitrogens is 3. The number of hydrogen-bond donors (Lipinski definition) is 0. The maximum absolute atomic E-state index is 11.4. The normalized spacial score (nSPS) is 11.9. The first-order chi connectivity index (χ1) is 16.4. The predicted molar refractivity (Wildman–Crippen MR) is 133 cm³/mol. The molecule has 0 aliphatic heterocycles. The van der Waals surface area contributed by atoms with Crippen LogP contribution in [0.3, 0.4) is 0 Å². The predicted octanol–water partition coefficient (Wildman–Crippen LogP) is 5.88. The molecular formula is C26H26N4O3S. The summed E-state index contributed by atoms with van der Waals surface area (Å²) < 4.78 is 7.82. The monoisotopic (exact) mass is 474 g/mol. The van der Waals surface area contributed by atoms with E-state index >= 15 is 0 Å². The Kier molecular flexibility index (Phi) is 7.27. The van der Waals surface area contributed by atoms with E-state index in [1.54, 1.807) is 0 Å². The topological polar surface area (TPSA) is 83.1 Å². The number of thioether (sulfide) groups is 1. The van der Waals surface area contributed by atoms with E-state index in [1.165, 1.54) is 17.3 Å². The zero-order valence-electron chi connectivity index (χ0n) is 19.3. The fourth-order valence-corrected chi connectivity index (χ4v) is 4.69. The van der Waals surface area contributed by atoms with Crippen LogP contribution in [0.2, 0.25) is 0 Å². The smallest absolute Gasteiger partial charge is 0.220 e.